The van der Waals surface area contributed by atoms with Crippen LogP contribution in [-0.2, 0) is 20.8 Å². The molecule has 2 heterocycles. The number of ether oxygens (including phenoxy) is 4. The number of fused-ring (bicyclic) bond motifs is 1. The van der Waals surface area contributed by atoms with E-state index in [1.165, 1.54) is 5.56 Å². The van der Waals surface area contributed by atoms with Crippen LogP contribution in [0, 0.1) is 13.8 Å². The Kier molecular flexibility index (Phi) is 5.19. The zero-order chi connectivity index (χ0) is 19.0. The van der Waals surface area contributed by atoms with Crippen LogP contribution in [0.4, 0.5) is 0 Å². The van der Waals surface area contributed by atoms with Gasteiger partial charge in [0.15, 0.2) is 6.10 Å². The van der Waals surface area contributed by atoms with E-state index in [4.69, 9.17) is 18.9 Å². The highest BCUT2D eigenvalue weighted by Crippen LogP contribution is 2.35. The Morgan fingerprint density at radius 2 is 1.67 bits per heavy atom. The average Bonchev–Trinajstić information content (AvgIpc) is 3.24. The van der Waals surface area contributed by atoms with Gasteiger partial charge < -0.3 is 24.1 Å². The fourth-order valence-electron chi connectivity index (χ4n) is 4.18. The molecular weight excluding hydrogens is 344 g/mol. The minimum atomic E-state index is -0.127. The summed E-state index contributed by atoms with van der Waals surface area (Å²) in [4.78, 5) is 0. The molecule has 0 aromatic heterocycles. The normalized spacial score (nSPS) is 27.0. The second-order valence-electron chi connectivity index (χ2n) is 7.32. The van der Waals surface area contributed by atoms with Crippen LogP contribution in [0.3, 0.4) is 0 Å². The van der Waals surface area contributed by atoms with E-state index >= 15 is 0 Å². The fraction of sp³-hybridized carbons (Fsp3) is 0.455. The summed E-state index contributed by atoms with van der Waals surface area (Å²) in [6, 6.07) is 12.1. The first-order chi connectivity index (χ1) is 13.1. The fourth-order valence-corrected chi connectivity index (χ4v) is 4.18. The number of rotatable bonds is 5. The lowest BCUT2D eigenvalue weighted by Gasteiger charge is -2.20. The summed E-state index contributed by atoms with van der Waals surface area (Å²) in [6.07, 6.45) is -0.287. The molecule has 0 bridgehead atoms. The van der Waals surface area contributed by atoms with Crippen LogP contribution in [0.2, 0.25) is 0 Å². The maximum absolute atomic E-state index is 9.41. The third-order valence-corrected chi connectivity index (χ3v) is 5.46. The molecule has 27 heavy (non-hydrogen) atoms. The monoisotopic (exact) mass is 370 g/mol. The SMILES string of the molecule is CO[C@@H]1COC2C1OC[C@@H]2Oc1cc(C)c(-c2cccc(CO)c2)c(C)c1. The molecule has 0 saturated carbocycles. The molecule has 5 heteroatoms. The first-order valence-electron chi connectivity index (χ1n) is 9.34. The topological polar surface area (TPSA) is 57.2 Å². The maximum atomic E-state index is 9.41. The summed E-state index contributed by atoms with van der Waals surface area (Å²) >= 11 is 0. The molecule has 0 radical (unpaired) electrons. The molecule has 2 unspecified atom stereocenters. The van der Waals surface area contributed by atoms with E-state index in [1.807, 2.05) is 18.2 Å². The van der Waals surface area contributed by atoms with Gasteiger partial charge in [0.2, 0.25) is 0 Å². The molecule has 0 spiro atoms. The lowest BCUT2D eigenvalue weighted by Crippen LogP contribution is -2.35. The summed E-state index contributed by atoms with van der Waals surface area (Å²) in [5, 5.41) is 9.41. The molecule has 2 aromatic rings. The zero-order valence-electron chi connectivity index (χ0n) is 16.0. The van der Waals surface area contributed by atoms with Gasteiger partial charge in [-0.25, -0.2) is 0 Å². The second-order valence-corrected chi connectivity index (χ2v) is 7.32. The van der Waals surface area contributed by atoms with Crippen molar-refractivity contribution in [1.29, 1.82) is 0 Å². The molecule has 144 valence electrons. The Labute approximate surface area is 159 Å². The van der Waals surface area contributed by atoms with Crippen molar-refractivity contribution in [3.63, 3.8) is 0 Å². The Morgan fingerprint density at radius 3 is 2.33 bits per heavy atom. The van der Waals surface area contributed by atoms with Gasteiger partial charge in [0.1, 0.15) is 24.1 Å². The van der Waals surface area contributed by atoms with Gasteiger partial charge in [-0.15, -0.1) is 0 Å². The van der Waals surface area contributed by atoms with Gasteiger partial charge in [-0.2, -0.15) is 0 Å². The highest BCUT2D eigenvalue weighted by Gasteiger charge is 2.49. The van der Waals surface area contributed by atoms with Crippen LogP contribution in [0.1, 0.15) is 16.7 Å². The molecule has 0 aliphatic carbocycles. The van der Waals surface area contributed by atoms with Gasteiger partial charge in [-0.1, -0.05) is 18.2 Å². The van der Waals surface area contributed by atoms with Crippen LogP contribution >= 0.6 is 0 Å². The first kappa shape index (κ1) is 18.4. The van der Waals surface area contributed by atoms with E-state index in [-0.39, 0.29) is 31.0 Å². The molecule has 4 atom stereocenters. The Morgan fingerprint density at radius 1 is 1.00 bits per heavy atom. The minimum absolute atomic E-state index is 0.0201. The highest BCUT2D eigenvalue weighted by molar-refractivity contribution is 5.72. The van der Waals surface area contributed by atoms with Crippen LogP contribution in [0.25, 0.3) is 11.1 Å². The van der Waals surface area contributed by atoms with Crippen LogP contribution < -0.4 is 4.74 Å². The lowest BCUT2D eigenvalue weighted by atomic mass is 9.94. The molecule has 2 fully saturated rings. The number of hydrogen-bond donors (Lipinski definition) is 1. The molecule has 0 amide bonds. The Bertz CT molecular complexity index is 795. The van der Waals surface area contributed by atoms with Crippen LogP contribution in [0.15, 0.2) is 36.4 Å². The first-order valence-corrected chi connectivity index (χ1v) is 9.34. The average molecular weight is 370 g/mol. The standard InChI is InChI=1S/C22H26O5/c1-13-7-17(27-19-12-26-21-18(24-3)11-25-22(19)21)8-14(2)20(13)16-6-4-5-15(9-16)10-23/h4-9,18-19,21-23H,10-12H2,1-3H3/t18-,19+,21?,22?/m1/s1. The smallest absolute Gasteiger partial charge is 0.151 e. The van der Waals surface area contributed by atoms with Crippen molar-refractivity contribution in [2.75, 3.05) is 20.3 Å². The van der Waals surface area contributed by atoms with Crippen molar-refractivity contribution in [3.05, 3.63) is 53.1 Å². The maximum Gasteiger partial charge on any atom is 0.151 e. The van der Waals surface area contributed by atoms with Gasteiger partial charge in [-0.05, 0) is 59.9 Å². The van der Waals surface area contributed by atoms with Gasteiger partial charge in [0.25, 0.3) is 0 Å². The van der Waals surface area contributed by atoms with Gasteiger partial charge in [0, 0.05) is 7.11 Å². The summed E-state index contributed by atoms with van der Waals surface area (Å²) < 4.78 is 23.3. The summed E-state index contributed by atoms with van der Waals surface area (Å²) in [5.74, 6) is 0.825. The molecule has 4 rings (SSSR count). The number of aliphatic hydroxyl groups excluding tert-OH is 1. The van der Waals surface area contributed by atoms with E-state index in [0.717, 1.165) is 28.0 Å². The van der Waals surface area contributed by atoms with Crippen LogP contribution in [0.5, 0.6) is 5.75 Å². The van der Waals surface area contributed by atoms with E-state index in [2.05, 4.69) is 32.0 Å². The van der Waals surface area contributed by atoms with Gasteiger partial charge in [-0.3, -0.25) is 0 Å². The predicted octanol–water partition coefficient (Wildman–Crippen LogP) is 3.02. The van der Waals surface area contributed by atoms with Crippen molar-refractivity contribution in [2.45, 2.75) is 44.9 Å². The summed E-state index contributed by atoms with van der Waals surface area (Å²) in [5.41, 5.74) is 5.46. The van der Waals surface area contributed by atoms with E-state index < -0.39 is 0 Å². The number of hydrogen-bond acceptors (Lipinski definition) is 5. The van der Waals surface area contributed by atoms with Crippen molar-refractivity contribution >= 4 is 0 Å². The lowest BCUT2D eigenvalue weighted by molar-refractivity contribution is -0.0138. The Hall–Kier alpha value is -1.92. The molecule has 2 aromatic carbocycles. The van der Waals surface area contributed by atoms with Crippen LogP contribution in [-0.4, -0.2) is 49.8 Å². The van der Waals surface area contributed by atoms with E-state index in [1.54, 1.807) is 7.11 Å². The van der Waals surface area contributed by atoms with Crippen molar-refractivity contribution < 1.29 is 24.1 Å². The van der Waals surface area contributed by atoms with Gasteiger partial charge >= 0.3 is 0 Å². The van der Waals surface area contributed by atoms with Crippen molar-refractivity contribution in [3.8, 4) is 16.9 Å². The largest absolute Gasteiger partial charge is 0.485 e. The van der Waals surface area contributed by atoms with Crippen molar-refractivity contribution in [2.24, 2.45) is 0 Å². The second kappa shape index (κ2) is 7.60. The quantitative estimate of drug-likeness (QED) is 0.877. The number of aliphatic hydroxyl groups is 1. The van der Waals surface area contributed by atoms with E-state index in [0.29, 0.717) is 13.2 Å². The summed E-state index contributed by atoms with van der Waals surface area (Å²) in [6.45, 7) is 5.26. The molecule has 5 nitrogen and oxygen atoms in total. The highest BCUT2D eigenvalue weighted by atomic mass is 16.6. The third-order valence-electron chi connectivity index (χ3n) is 5.46. The zero-order valence-corrected chi connectivity index (χ0v) is 16.0. The minimum Gasteiger partial charge on any atom is -0.485 e. The third kappa shape index (κ3) is 3.48. The molecule has 2 aliphatic rings. The number of benzene rings is 2. The number of aryl methyl sites for hydroxylation is 2. The van der Waals surface area contributed by atoms with Crippen molar-refractivity contribution in [1.82, 2.24) is 0 Å². The molecular formula is C22H26O5. The Balaban J connectivity index is 1.56. The number of methoxy groups -OCH3 is 1. The molecule has 2 saturated heterocycles. The molecule has 1 N–H and O–H groups in total. The molecule has 2 aliphatic heterocycles. The van der Waals surface area contributed by atoms with Gasteiger partial charge in [0.05, 0.1) is 19.8 Å². The summed E-state index contributed by atoms with van der Waals surface area (Å²) in [7, 11) is 1.69. The predicted molar refractivity (Wildman–Crippen MR) is 102 cm³/mol. The van der Waals surface area contributed by atoms with E-state index in [9.17, 15) is 5.11 Å².